The van der Waals surface area contributed by atoms with Gasteiger partial charge in [0.1, 0.15) is 0 Å². The quantitative estimate of drug-likeness (QED) is 0.773. The van der Waals surface area contributed by atoms with E-state index in [1.807, 2.05) is 6.07 Å². The van der Waals surface area contributed by atoms with Crippen LogP contribution in [-0.4, -0.2) is 11.8 Å². The Morgan fingerprint density at radius 2 is 2.47 bits per heavy atom. The molecule has 0 aromatic carbocycles. The zero-order valence-corrected chi connectivity index (χ0v) is 9.86. The molecule has 1 aliphatic carbocycles. The Hall–Kier alpha value is -1.03. The van der Waals surface area contributed by atoms with E-state index in [0.29, 0.717) is 16.6 Å². The molecule has 1 saturated carbocycles. The summed E-state index contributed by atoms with van der Waals surface area (Å²) in [4.78, 5) is 11.9. The van der Waals surface area contributed by atoms with E-state index in [0.717, 1.165) is 10.9 Å². The van der Waals surface area contributed by atoms with Gasteiger partial charge in [0.2, 0.25) is 0 Å². The number of nitrogens with two attached hydrogens (primary N) is 1. The number of carbonyl (C=O) groups is 1. The number of nitrogens with one attached hydrogen (secondary N) is 1. The minimum absolute atomic E-state index is 0.0494. The molecule has 3 N–H and O–H groups in total. The molecule has 2 unspecified atom stereocenters. The number of hydrogen-bond donors (Lipinski definition) is 2. The predicted octanol–water partition coefficient (Wildman–Crippen LogP) is 2.74. The summed E-state index contributed by atoms with van der Waals surface area (Å²) < 4.78 is 0. The molecular formula is C11H16N2OS. The highest BCUT2D eigenvalue weighted by atomic mass is 32.1. The van der Waals surface area contributed by atoms with Crippen molar-refractivity contribution in [3.63, 3.8) is 0 Å². The highest BCUT2D eigenvalue weighted by molar-refractivity contribution is 7.18. The molecule has 1 aromatic heterocycles. The summed E-state index contributed by atoms with van der Waals surface area (Å²) in [6.07, 6.45) is 2.46. The number of anilines is 2. The van der Waals surface area contributed by atoms with Crippen molar-refractivity contribution in [2.75, 3.05) is 11.1 Å². The Bertz CT molecular complexity index is 386. The van der Waals surface area contributed by atoms with Crippen molar-refractivity contribution < 1.29 is 4.79 Å². The lowest BCUT2D eigenvalue weighted by Gasteiger charge is -1.99. The number of rotatable bonds is 4. The van der Waals surface area contributed by atoms with Crippen LogP contribution in [0.5, 0.6) is 0 Å². The first kappa shape index (κ1) is 10.5. The average molecular weight is 224 g/mol. The van der Waals surface area contributed by atoms with Crippen LogP contribution in [0.3, 0.4) is 0 Å². The normalized spacial score (nSPS) is 23.9. The SMILES string of the molecule is CCC1CC1Nc1cc(N)c(C(C)=O)s1. The highest BCUT2D eigenvalue weighted by Crippen LogP contribution is 2.39. The van der Waals surface area contributed by atoms with E-state index in [2.05, 4.69) is 12.2 Å². The number of hydrogen-bond acceptors (Lipinski definition) is 4. The van der Waals surface area contributed by atoms with E-state index >= 15 is 0 Å². The number of nitrogen functional groups attached to an aromatic ring is 1. The molecule has 0 saturated heterocycles. The standard InChI is InChI=1S/C11H16N2OS/c1-3-7-4-9(7)13-10-5-8(12)11(15-10)6(2)14/h5,7,9,13H,3-4,12H2,1-2H3. The minimum atomic E-state index is 0.0494. The lowest BCUT2D eigenvalue weighted by atomic mass is 10.3. The van der Waals surface area contributed by atoms with Crippen LogP contribution in [0.4, 0.5) is 10.7 Å². The number of carbonyl (C=O) groups excluding carboxylic acids is 1. The summed E-state index contributed by atoms with van der Waals surface area (Å²) >= 11 is 1.46. The van der Waals surface area contributed by atoms with E-state index < -0.39 is 0 Å². The van der Waals surface area contributed by atoms with Crippen LogP contribution in [0.1, 0.15) is 36.4 Å². The largest absolute Gasteiger partial charge is 0.397 e. The summed E-state index contributed by atoms with van der Waals surface area (Å²) in [7, 11) is 0. The summed E-state index contributed by atoms with van der Waals surface area (Å²) in [6.45, 7) is 3.76. The summed E-state index contributed by atoms with van der Waals surface area (Å²) in [5.41, 5.74) is 6.36. The second-order valence-electron chi connectivity index (χ2n) is 4.11. The van der Waals surface area contributed by atoms with Crippen molar-refractivity contribution in [3.8, 4) is 0 Å². The predicted molar refractivity (Wildman–Crippen MR) is 64.5 cm³/mol. The lowest BCUT2D eigenvalue weighted by molar-refractivity contribution is 0.102. The van der Waals surface area contributed by atoms with Crippen LogP contribution < -0.4 is 11.1 Å². The second-order valence-corrected chi connectivity index (χ2v) is 5.16. The Labute approximate surface area is 93.7 Å². The van der Waals surface area contributed by atoms with Gasteiger partial charge in [0.05, 0.1) is 15.6 Å². The fourth-order valence-corrected chi connectivity index (χ4v) is 2.75. The molecule has 1 heterocycles. The van der Waals surface area contributed by atoms with Gasteiger partial charge in [0.25, 0.3) is 0 Å². The van der Waals surface area contributed by atoms with E-state index in [-0.39, 0.29) is 5.78 Å². The van der Waals surface area contributed by atoms with Crippen molar-refractivity contribution in [2.24, 2.45) is 5.92 Å². The minimum Gasteiger partial charge on any atom is -0.397 e. The molecule has 3 nitrogen and oxygen atoms in total. The molecule has 1 fully saturated rings. The smallest absolute Gasteiger partial charge is 0.171 e. The first-order valence-corrected chi connectivity index (χ1v) is 6.10. The Morgan fingerprint density at radius 1 is 1.73 bits per heavy atom. The fourth-order valence-electron chi connectivity index (χ4n) is 1.81. The Kier molecular flexibility index (Phi) is 2.69. The topological polar surface area (TPSA) is 55.1 Å². The molecule has 1 aliphatic rings. The van der Waals surface area contributed by atoms with Crippen LogP contribution in [0.25, 0.3) is 0 Å². The Balaban J connectivity index is 2.04. The number of thiophene rings is 1. The van der Waals surface area contributed by atoms with Gasteiger partial charge in [0.15, 0.2) is 5.78 Å². The van der Waals surface area contributed by atoms with E-state index in [4.69, 9.17) is 5.73 Å². The molecule has 0 amide bonds. The molecule has 2 atom stereocenters. The van der Waals surface area contributed by atoms with Gasteiger partial charge in [-0.15, -0.1) is 11.3 Å². The molecule has 15 heavy (non-hydrogen) atoms. The van der Waals surface area contributed by atoms with Gasteiger partial charge in [-0.25, -0.2) is 0 Å². The maximum atomic E-state index is 11.2. The first-order chi connectivity index (χ1) is 7.11. The van der Waals surface area contributed by atoms with Gasteiger partial charge in [-0.3, -0.25) is 4.79 Å². The van der Waals surface area contributed by atoms with Gasteiger partial charge >= 0.3 is 0 Å². The third-order valence-electron chi connectivity index (χ3n) is 2.86. The summed E-state index contributed by atoms with van der Waals surface area (Å²) in [5.74, 6) is 0.850. The zero-order valence-electron chi connectivity index (χ0n) is 9.04. The maximum absolute atomic E-state index is 11.2. The summed E-state index contributed by atoms with van der Waals surface area (Å²) in [5, 5.41) is 4.45. The van der Waals surface area contributed by atoms with Crippen LogP contribution in [0.15, 0.2) is 6.07 Å². The molecular weight excluding hydrogens is 208 g/mol. The van der Waals surface area contributed by atoms with Gasteiger partial charge in [-0.2, -0.15) is 0 Å². The third kappa shape index (κ3) is 2.15. The molecule has 0 radical (unpaired) electrons. The highest BCUT2D eigenvalue weighted by Gasteiger charge is 2.35. The maximum Gasteiger partial charge on any atom is 0.171 e. The van der Waals surface area contributed by atoms with Crippen molar-refractivity contribution >= 4 is 27.8 Å². The molecule has 0 aliphatic heterocycles. The first-order valence-electron chi connectivity index (χ1n) is 5.28. The van der Waals surface area contributed by atoms with Crippen molar-refractivity contribution in [3.05, 3.63) is 10.9 Å². The lowest BCUT2D eigenvalue weighted by Crippen LogP contribution is -2.02. The van der Waals surface area contributed by atoms with Gasteiger partial charge < -0.3 is 11.1 Å². The molecule has 1 aromatic rings. The molecule has 0 bridgehead atoms. The van der Waals surface area contributed by atoms with Crippen LogP contribution in [0, 0.1) is 5.92 Å². The van der Waals surface area contributed by atoms with E-state index in [1.165, 1.54) is 24.2 Å². The fraction of sp³-hybridized carbons (Fsp3) is 0.545. The molecule has 0 spiro atoms. The zero-order chi connectivity index (χ0) is 11.0. The molecule has 4 heteroatoms. The van der Waals surface area contributed by atoms with E-state index in [9.17, 15) is 4.79 Å². The average Bonchev–Trinajstić information content (AvgIpc) is 2.81. The van der Waals surface area contributed by atoms with Crippen LogP contribution >= 0.6 is 11.3 Å². The van der Waals surface area contributed by atoms with Gasteiger partial charge in [0, 0.05) is 13.0 Å². The molecule has 82 valence electrons. The molecule has 2 rings (SSSR count). The van der Waals surface area contributed by atoms with E-state index in [1.54, 1.807) is 6.92 Å². The summed E-state index contributed by atoms with van der Waals surface area (Å²) in [6, 6.07) is 2.46. The second kappa shape index (κ2) is 3.85. The number of Topliss-reactive ketones (excluding diaryl/α,β-unsaturated/α-hetero) is 1. The van der Waals surface area contributed by atoms with Crippen molar-refractivity contribution in [2.45, 2.75) is 32.7 Å². The number of ketones is 1. The Morgan fingerprint density at radius 3 is 2.93 bits per heavy atom. The monoisotopic (exact) mass is 224 g/mol. The van der Waals surface area contributed by atoms with Crippen molar-refractivity contribution in [1.29, 1.82) is 0 Å². The van der Waals surface area contributed by atoms with Crippen molar-refractivity contribution in [1.82, 2.24) is 0 Å². The van der Waals surface area contributed by atoms with Crippen LogP contribution in [0.2, 0.25) is 0 Å². The van der Waals surface area contributed by atoms with Crippen LogP contribution in [-0.2, 0) is 0 Å². The van der Waals surface area contributed by atoms with Gasteiger partial charge in [-0.1, -0.05) is 13.3 Å². The van der Waals surface area contributed by atoms with Gasteiger partial charge in [-0.05, 0) is 18.4 Å². The third-order valence-corrected chi connectivity index (χ3v) is 4.04.